The second-order valence-electron chi connectivity index (χ2n) is 3.06. The van der Waals surface area contributed by atoms with E-state index in [4.69, 9.17) is 0 Å². The number of fused-ring (bicyclic) bond motifs is 1. The molecule has 0 nitrogen and oxygen atoms in total. The van der Waals surface area contributed by atoms with Gasteiger partial charge < -0.3 is 0 Å². The molecule has 14 heavy (non-hydrogen) atoms. The largest absolute Gasteiger partial charge is 0.143 e. The molecular weight excluding hydrogens is 276 g/mol. The maximum Gasteiger partial charge on any atom is 0.0397 e. The first-order chi connectivity index (χ1) is 6.77. The van der Waals surface area contributed by atoms with Crippen LogP contribution >= 0.6 is 39.0 Å². The van der Waals surface area contributed by atoms with Crippen molar-refractivity contribution in [3.63, 3.8) is 0 Å². The molecule has 1 aromatic heterocycles. The fourth-order valence-corrected chi connectivity index (χ4v) is 4.32. The lowest BCUT2D eigenvalue weighted by Gasteiger charge is -2.07. The van der Waals surface area contributed by atoms with Gasteiger partial charge in [-0.3, -0.25) is 0 Å². The summed E-state index contributed by atoms with van der Waals surface area (Å²) in [5.41, 5.74) is 1.49. The number of thioether (sulfide) groups is 1. The van der Waals surface area contributed by atoms with Crippen molar-refractivity contribution in [2.24, 2.45) is 0 Å². The average Bonchev–Trinajstić information content (AvgIpc) is 2.66. The molecule has 0 saturated carbocycles. The van der Waals surface area contributed by atoms with E-state index in [0.29, 0.717) is 0 Å². The molecule has 0 spiro atoms. The zero-order valence-corrected chi connectivity index (χ0v) is 11.4. The minimum absolute atomic E-state index is 1.11. The minimum atomic E-state index is 1.11. The molecule has 0 radical (unpaired) electrons. The lowest BCUT2D eigenvalue weighted by Crippen LogP contribution is -1.85. The lowest BCUT2D eigenvalue weighted by molar-refractivity contribution is 1.11. The van der Waals surface area contributed by atoms with Crippen LogP contribution in [0.15, 0.2) is 26.9 Å². The van der Waals surface area contributed by atoms with Crippen molar-refractivity contribution in [1.82, 2.24) is 0 Å². The molecule has 2 aromatic rings. The quantitative estimate of drug-likeness (QED) is 0.704. The molecule has 74 valence electrons. The zero-order valence-electron chi connectivity index (χ0n) is 8.13. The van der Waals surface area contributed by atoms with Crippen molar-refractivity contribution < 1.29 is 0 Å². The van der Waals surface area contributed by atoms with Gasteiger partial charge in [0.1, 0.15) is 0 Å². The molecular formula is C11H11BrS2. The van der Waals surface area contributed by atoms with Gasteiger partial charge in [0.15, 0.2) is 0 Å². The Morgan fingerprint density at radius 1 is 1.50 bits per heavy atom. The molecule has 0 unspecified atom stereocenters. The zero-order chi connectivity index (χ0) is 10.1. The Morgan fingerprint density at radius 3 is 2.93 bits per heavy atom. The highest BCUT2D eigenvalue weighted by Gasteiger charge is 2.09. The standard InChI is InChI=1S/C11H11BrS2/c1-3-7-10(13-2)6-9(12)8-4-5-14-11(7)8/h4-6H,3H2,1-2H3. The van der Waals surface area contributed by atoms with Crippen LogP contribution in [-0.2, 0) is 6.42 Å². The highest BCUT2D eigenvalue weighted by atomic mass is 79.9. The fourth-order valence-electron chi connectivity index (χ4n) is 1.64. The molecule has 0 amide bonds. The van der Waals surface area contributed by atoms with Crippen molar-refractivity contribution in [2.45, 2.75) is 18.2 Å². The highest BCUT2D eigenvalue weighted by Crippen LogP contribution is 2.37. The molecule has 2 rings (SSSR count). The first-order valence-corrected chi connectivity index (χ1v) is 7.40. The van der Waals surface area contributed by atoms with Crippen LogP contribution < -0.4 is 0 Å². The van der Waals surface area contributed by atoms with E-state index in [1.54, 1.807) is 0 Å². The first kappa shape index (κ1) is 10.5. The van der Waals surface area contributed by atoms with Crippen LogP contribution in [0.25, 0.3) is 10.1 Å². The SMILES string of the molecule is CCc1c(SC)cc(Br)c2ccsc12. The van der Waals surface area contributed by atoms with Gasteiger partial charge in [0.25, 0.3) is 0 Å². The van der Waals surface area contributed by atoms with Crippen LogP contribution in [0.2, 0.25) is 0 Å². The van der Waals surface area contributed by atoms with Crippen LogP contribution in [-0.4, -0.2) is 6.26 Å². The molecule has 0 aliphatic rings. The number of rotatable bonds is 2. The van der Waals surface area contributed by atoms with Gasteiger partial charge in [0.2, 0.25) is 0 Å². The van der Waals surface area contributed by atoms with E-state index in [1.165, 1.54) is 25.0 Å². The normalized spacial score (nSPS) is 11.1. The van der Waals surface area contributed by atoms with E-state index < -0.39 is 0 Å². The second kappa shape index (κ2) is 4.25. The van der Waals surface area contributed by atoms with Crippen LogP contribution in [0.3, 0.4) is 0 Å². The smallest absolute Gasteiger partial charge is 0.0397 e. The van der Waals surface area contributed by atoms with Crippen molar-refractivity contribution >= 4 is 49.1 Å². The van der Waals surface area contributed by atoms with Gasteiger partial charge in [-0.2, -0.15) is 0 Å². The van der Waals surface area contributed by atoms with Gasteiger partial charge >= 0.3 is 0 Å². The number of hydrogen-bond donors (Lipinski definition) is 0. The maximum absolute atomic E-state index is 3.62. The van der Waals surface area contributed by atoms with E-state index >= 15 is 0 Å². The summed E-state index contributed by atoms with van der Waals surface area (Å²) in [5.74, 6) is 0. The third-order valence-corrected chi connectivity index (χ3v) is 4.76. The molecule has 1 heterocycles. The number of thiophene rings is 1. The van der Waals surface area contributed by atoms with Gasteiger partial charge in [-0.25, -0.2) is 0 Å². The Bertz CT molecular complexity index is 460. The Balaban J connectivity index is 2.82. The Labute approximate surface area is 101 Å². The summed E-state index contributed by atoms with van der Waals surface area (Å²) in [5, 5.41) is 3.52. The summed E-state index contributed by atoms with van der Waals surface area (Å²) in [6.07, 6.45) is 3.25. The Morgan fingerprint density at radius 2 is 2.29 bits per heavy atom. The highest BCUT2D eigenvalue weighted by molar-refractivity contribution is 9.10. The van der Waals surface area contributed by atoms with Gasteiger partial charge in [-0.1, -0.05) is 22.9 Å². The van der Waals surface area contributed by atoms with Gasteiger partial charge in [-0.15, -0.1) is 23.1 Å². The average molecular weight is 287 g/mol. The number of halogens is 1. The van der Waals surface area contributed by atoms with E-state index in [0.717, 1.165) is 6.42 Å². The number of aryl methyl sites for hydroxylation is 1. The monoisotopic (exact) mass is 286 g/mol. The predicted molar refractivity (Wildman–Crippen MR) is 70.7 cm³/mol. The fraction of sp³-hybridized carbons (Fsp3) is 0.273. The van der Waals surface area contributed by atoms with Gasteiger partial charge in [-0.05, 0) is 35.8 Å². The third-order valence-electron chi connectivity index (χ3n) is 2.33. The summed E-state index contributed by atoms with van der Waals surface area (Å²) >= 11 is 7.29. The van der Waals surface area contributed by atoms with E-state index in [-0.39, 0.29) is 0 Å². The number of hydrogen-bond acceptors (Lipinski definition) is 2. The molecule has 0 aliphatic heterocycles. The van der Waals surface area contributed by atoms with Crippen molar-refractivity contribution in [3.05, 3.63) is 27.5 Å². The maximum atomic E-state index is 3.62. The third kappa shape index (κ3) is 1.62. The molecule has 0 bridgehead atoms. The van der Waals surface area contributed by atoms with Crippen molar-refractivity contribution in [1.29, 1.82) is 0 Å². The van der Waals surface area contributed by atoms with E-state index in [2.05, 4.69) is 46.6 Å². The minimum Gasteiger partial charge on any atom is -0.143 e. The lowest BCUT2D eigenvalue weighted by atomic mass is 10.1. The summed E-state index contributed by atoms with van der Waals surface area (Å²) < 4.78 is 2.65. The predicted octanol–water partition coefficient (Wildman–Crippen LogP) is 4.95. The molecule has 0 aliphatic carbocycles. The Hall–Kier alpha value is 0.01000. The van der Waals surface area contributed by atoms with Crippen LogP contribution in [0.4, 0.5) is 0 Å². The molecule has 1 aromatic carbocycles. The van der Waals surface area contributed by atoms with Gasteiger partial charge in [0, 0.05) is 19.5 Å². The topological polar surface area (TPSA) is 0 Å². The molecule has 0 N–H and O–H groups in total. The van der Waals surface area contributed by atoms with Gasteiger partial charge in [0.05, 0.1) is 0 Å². The summed E-state index contributed by atoms with van der Waals surface area (Å²) in [6, 6.07) is 4.42. The number of benzene rings is 1. The summed E-state index contributed by atoms with van der Waals surface area (Å²) in [7, 11) is 0. The summed E-state index contributed by atoms with van der Waals surface area (Å²) in [4.78, 5) is 1.40. The van der Waals surface area contributed by atoms with Crippen LogP contribution in [0, 0.1) is 0 Å². The van der Waals surface area contributed by atoms with Crippen molar-refractivity contribution in [2.75, 3.05) is 6.26 Å². The molecule has 0 atom stereocenters. The van der Waals surface area contributed by atoms with E-state index in [1.807, 2.05) is 23.1 Å². The summed E-state index contributed by atoms with van der Waals surface area (Å²) in [6.45, 7) is 2.22. The van der Waals surface area contributed by atoms with Crippen LogP contribution in [0.5, 0.6) is 0 Å². The molecule has 0 saturated heterocycles. The van der Waals surface area contributed by atoms with Crippen LogP contribution in [0.1, 0.15) is 12.5 Å². The van der Waals surface area contributed by atoms with Crippen molar-refractivity contribution in [3.8, 4) is 0 Å². The molecule has 0 fully saturated rings. The molecule has 3 heteroatoms. The Kier molecular flexibility index (Phi) is 3.20. The second-order valence-corrected chi connectivity index (χ2v) is 5.67. The first-order valence-electron chi connectivity index (χ1n) is 4.50. The van der Waals surface area contributed by atoms with E-state index in [9.17, 15) is 0 Å².